The molecule has 348 valence electrons. The van der Waals surface area contributed by atoms with Crippen LogP contribution >= 0.6 is 0 Å². The molecule has 0 bridgehead atoms. The van der Waals surface area contributed by atoms with E-state index in [9.17, 15) is 0 Å². The summed E-state index contributed by atoms with van der Waals surface area (Å²) in [7, 11) is 0. The molecule has 12 aromatic carbocycles. The zero-order valence-corrected chi connectivity index (χ0v) is 42.7. The van der Waals surface area contributed by atoms with Crippen LogP contribution in [0.5, 0.6) is 11.5 Å². The van der Waals surface area contributed by atoms with E-state index in [0.717, 1.165) is 11.5 Å². The molecule has 0 aromatic heterocycles. The summed E-state index contributed by atoms with van der Waals surface area (Å²) in [6.07, 6.45) is 0. The van der Waals surface area contributed by atoms with E-state index in [0.29, 0.717) is 0 Å². The number of benzene rings is 12. The number of rotatable bonds is 4. The zero-order valence-electron chi connectivity index (χ0n) is 42.7. The van der Waals surface area contributed by atoms with Gasteiger partial charge in [0.2, 0.25) is 0 Å². The lowest BCUT2D eigenvalue weighted by atomic mass is 9.59. The summed E-state index contributed by atoms with van der Waals surface area (Å²) < 4.78 is 7.74. The third-order valence-electron chi connectivity index (χ3n) is 18.7. The van der Waals surface area contributed by atoms with Crippen LogP contribution in [0, 0.1) is 0 Å². The van der Waals surface area contributed by atoms with Gasteiger partial charge in [-0.2, -0.15) is 0 Å². The van der Waals surface area contributed by atoms with E-state index >= 15 is 0 Å². The summed E-state index contributed by atoms with van der Waals surface area (Å²) in [6.45, 7) is 19.6. The summed E-state index contributed by atoms with van der Waals surface area (Å²) in [4.78, 5) is 0. The van der Waals surface area contributed by atoms with Crippen LogP contribution in [-0.4, -0.2) is 0 Å². The van der Waals surface area contributed by atoms with E-state index < -0.39 is 0 Å². The molecule has 0 unspecified atom stereocenters. The smallest absolute Gasteiger partial charge is 0.132 e. The average Bonchev–Trinajstić information content (AvgIpc) is 3.39. The molecule has 0 spiro atoms. The first-order chi connectivity index (χ1) is 35.3. The summed E-state index contributed by atoms with van der Waals surface area (Å²) in [5.41, 5.74) is 20.3. The molecular formula is C72H54O. The number of fused-ring (bicyclic) bond motifs is 2. The molecule has 0 heterocycles. The molecule has 1 nitrogen and oxygen atoms in total. The fraction of sp³-hybridized carbons (Fsp3) is 0.167. The van der Waals surface area contributed by atoms with Crippen LogP contribution in [-0.2, 0) is 21.7 Å². The number of ether oxygens (including phenoxy) is 1. The summed E-state index contributed by atoms with van der Waals surface area (Å²) >= 11 is 0. The summed E-state index contributed by atoms with van der Waals surface area (Å²) in [5.74, 6) is 1.88. The van der Waals surface area contributed by atoms with Crippen molar-refractivity contribution in [3.8, 4) is 56.0 Å². The molecule has 0 saturated heterocycles. The largest absolute Gasteiger partial charge is 0.457 e. The number of hydrogen-bond acceptors (Lipinski definition) is 1. The van der Waals surface area contributed by atoms with Gasteiger partial charge in [0.15, 0.2) is 0 Å². The van der Waals surface area contributed by atoms with Gasteiger partial charge in [-0.3, -0.25) is 0 Å². The molecule has 0 fully saturated rings. The molecule has 0 saturated carbocycles. The second kappa shape index (κ2) is 13.5. The van der Waals surface area contributed by atoms with Crippen LogP contribution in [0.25, 0.3) is 109 Å². The van der Waals surface area contributed by atoms with Crippen LogP contribution < -0.4 is 4.74 Å². The van der Waals surface area contributed by atoms with Crippen LogP contribution in [0.3, 0.4) is 0 Å². The Labute approximate surface area is 426 Å². The van der Waals surface area contributed by atoms with Gasteiger partial charge in [-0.1, -0.05) is 225 Å². The molecular weight excluding hydrogens is 881 g/mol. The van der Waals surface area contributed by atoms with E-state index in [1.807, 2.05) is 0 Å². The fourth-order valence-corrected chi connectivity index (χ4v) is 15.5. The SMILES string of the molecule is CC1(C)c2ccc3ccc(-c4cccc5ccccc45)c4c3c2-c2c(ccc3ccc(Oc5ccc6ccc7c8c6c5C(C)(C)c5ccc6ccc(-c9cccc%10ccccc9%10)c(c6c5-8)C7(C)C)c1c23)C4(C)C. The molecule has 0 aliphatic heterocycles. The molecule has 16 rings (SSSR count). The van der Waals surface area contributed by atoms with Gasteiger partial charge in [0.1, 0.15) is 11.5 Å². The number of hydrogen-bond donors (Lipinski definition) is 0. The Morgan fingerprint density at radius 2 is 0.548 bits per heavy atom. The molecule has 4 aliphatic carbocycles. The van der Waals surface area contributed by atoms with Gasteiger partial charge in [0.05, 0.1) is 0 Å². The third-order valence-corrected chi connectivity index (χ3v) is 18.7. The Morgan fingerprint density at radius 1 is 0.247 bits per heavy atom. The van der Waals surface area contributed by atoms with Crippen molar-refractivity contribution < 1.29 is 4.74 Å². The van der Waals surface area contributed by atoms with Gasteiger partial charge in [0.25, 0.3) is 0 Å². The van der Waals surface area contributed by atoms with Crippen molar-refractivity contribution in [2.24, 2.45) is 0 Å². The Balaban J connectivity index is 0.938. The molecule has 0 radical (unpaired) electrons. The average molecular weight is 935 g/mol. The monoisotopic (exact) mass is 934 g/mol. The maximum atomic E-state index is 7.74. The van der Waals surface area contributed by atoms with Crippen molar-refractivity contribution in [1.82, 2.24) is 0 Å². The summed E-state index contributed by atoms with van der Waals surface area (Å²) in [6, 6.07) is 69.3. The van der Waals surface area contributed by atoms with Crippen molar-refractivity contribution in [2.75, 3.05) is 0 Å². The van der Waals surface area contributed by atoms with Crippen molar-refractivity contribution in [2.45, 2.75) is 77.0 Å². The molecule has 73 heavy (non-hydrogen) atoms. The van der Waals surface area contributed by atoms with Gasteiger partial charge in [-0.05, 0) is 155 Å². The molecule has 4 aliphatic rings. The van der Waals surface area contributed by atoms with E-state index in [2.05, 4.69) is 237 Å². The molecule has 0 amide bonds. The van der Waals surface area contributed by atoms with Crippen LogP contribution in [0.4, 0.5) is 0 Å². The van der Waals surface area contributed by atoms with Gasteiger partial charge >= 0.3 is 0 Å². The topological polar surface area (TPSA) is 9.23 Å². The second-order valence-electron chi connectivity index (χ2n) is 23.9. The van der Waals surface area contributed by atoms with Crippen molar-refractivity contribution in [1.29, 1.82) is 0 Å². The fourth-order valence-electron chi connectivity index (χ4n) is 15.5. The normalized spacial score (nSPS) is 16.4. The van der Waals surface area contributed by atoms with Crippen molar-refractivity contribution in [3.05, 3.63) is 226 Å². The molecule has 0 N–H and O–H groups in total. The van der Waals surface area contributed by atoms with Crippen LogP contribution in [0.15, 0.2) is 182 Å². The highest BCUT2D eigenvalue weighted by Gasteiger charge is 2.47. The minimum atomic E-state index is -0.380. The first kappa shape index (κ1) is 41.6. The second-order valence-corrected chi connectivity index (χ2v) is 23.9. The Hall–Kier alpha value is -8.00. The van der Waals surface area contributed by atoms with Crippen molar-refractivity contribution in [3.63, 3.8) is 0 Å². The van der Waals surface area contributed by atoms with E-state index in [1.54, 1.807) is 0 Å². The van der Waals surface area contributed by atoms with Gasteiger partial charge in [-0.15, -0.1) is 0 Å². The lowest BCUT2D eigenvalue weighted by Crippen LogP contribution is -2.31. The highest BCUT2D eigenvalue weighted by Crippen LogP contribution is 2.64. The minimum Gasteiger partial charge on any atom is -0.457 e. The maximum absolute atomic E-state index is 7.74. The lowest BCUT2D eigenvalue weighted by molar-refractivity contribution is 0.448. The first-order valence-corrected chi connectivity index (χ1v) is 26.3. The zero-order chi connectivity index (χ0) is 49.2. The predicted molar refractivity (Wildman–Crippen MR) is 308 cm³/mol. The summed E-state index contributed by atoms with van der Waals surface area (Å²) in [5, 5.41) is 15.7. The molecule has 12 aromatic rings. The Kier molecular flexibility index (Phi) is 7.71. The highest BCUT2D eigenvalue weighted by molar-refractivity contribution is 6.20. The molecule has 0 atom stereocenters. The molecule has 1 heteroatoms. The highest BCUT2D eigenvalue weighted by atomic mass is 16.5. The maximum Gasteiger partial charge on any atom is 0.132 e. The minimum absolute atomic E-state index is 0.289. The standard InChI is InChI=1S/C72H54O/c1-69(2)51-33-27-43-29-37-55(67-59(43)63(51)61-53(71(67,5)6)35-25-41-23-31-49(65(69)57(41)61)47-21-13-17-39-15-9-11-19-45(39)47)73-56-38-30-44-28-34-52-64-60(44)68(56)72(7,8)54-36-26-42-24-32-50(66(70(52,3)4)58(42)62(54)64)48-22-14-18-40-16-10-12-20-46(40)48/h9-38H,1-8H3. The van der Waals surface area contributed by atoms with Crippen molar-refractivity contribution >= 4 is 64.6 Å². The van der Waals surface area contributed by atoms with E-state index in [4.69, 9.17) is 4.74 Å². The van der Waals surface area contributed by atoms with Gasteiger partial charge in [-0.25, -0.2) is 0 Å². The Bertz CT molecular complexity index is 4270. The van der Waals surface area contributed by atoms with E-state index in [1.165, 1.54) is 154 Å². The lowest BCUT2D eigenvalue weighted by Gasteiger charge is -2.45. The van der Waals surface area contributed by atoms with E-state index in [-0.39, 0.29) is 21.7 Å². The Morgan fingerprint density at radius 3 is 0.932 bits per heavy atom. The third kappa shape index (κ3) is 4.99. The first-order valence-electron chi connectivity index (χ1n) is 26.3. The van der Waals surface area contributed by atoms with Crippen LogP contribution in [0.2, 0.25) is 0 Å². The predicted octanol–water partition coefficient (Wildman–Crippen LogP) is 19.6. The van der Waals surface area contributed by atoms with Gasteiger partial charge < -0.3 is 4.74 Å². The van der Waals surface area contributed by atoms with Gasteiger partial charge in [0, 0.05) is 32.8 Å². The quantitative estimate of drug-likeness (QED) is 0.171. The van der Waals surface area contributed by atoms with Crippen LogP contribution in [0.1, 0.15) is 99.9 Å².